The maximum Gasteiger partial charge on any atom is 0.258 e. The first-order chi connectivity index (χ1) is 21.3. The van der Waals surface area contributed by atoms with Crippen LogP contribution in [-0.2, 0) is 19.2 Å². The molecule has 1 aliphatic carbocycles. The van der Waals surface area contributed by atoms with E-state index in [9.17, 15) is 28.0 Å². The molecule has 1 aromatic heterocycles. The lowest BCUT2D eigenvalue weighted by atomic mass is 9.71. The summed E-state index contributed by atoms with van der Waals surface area (Å²) in [4.78, 5) is 58.7. The molecular formula is C33H42F2N6O4. The van der Waals surface area contributed by atoms with E-state index in [4.69, 9.17) is 4.98 Å². The van der Waals surface area contributed by atoms with Crippen LogP contribution in [0.15, 0.2) is 36.4 Å². The Bertz CT molecular complexity index is 1500. The molecule has 2 aromatic rings. The van der Waals surface area contributed by atoms with E-state index in [1.807, 2.05) is 37.3 Å². The number of carbonyl (C=O) groups excluding carboxylic acids is 4. The van der Waals surface area contributed by atoms with Gasteiger partial charge < -0.3 is 16.0 Å². The molecule has 3 heterocycles. The molecule has 1 saturated carbocycles. The Morgan fingerprint density at radius 2 is 1.60 bits per heavy atom. The van der Waals surface area contributed by atoms with Gasteiger partial charge in [-0.25, -0.2) is 14.2 Å². The number of aromatic nitrogens is 1. The minimum Gasteiger partial charge on any atom is -0.347 e. The van der Waals surface area contributed by atoms with Crippen molar-refractivity contribution in [3.8, 4) is 0 Å². The van der Waals surface area contributed by atoms with Gasteiger partial charge in [0.25, 0.3) is 5.91 Å². The van der Waals surface area contributed by atoms with Crippen LogP contribution >= 0.6 is 0 Å². The van der Waals surface area contributed by atoms with Crippen LogP contribution in [0.25, 0.3) is 17.0 Å². The maximum absolute atomic E-state index is 14.3. The van der Waals surface area contributed by atoms with Crippen molar-refractivity contribution in [3.63, 3.8) is 0 Å². The van der Waals surface area contributed by atoms with Crippen molar-refractivity contribution in [2.24, 2.45) is 11.3 Å². The predicted molar refractivity (Wildman–Crippen MR) is 165 cm³/mol. The number of pyridine rings is 1. The molecule has 0 radical (unpaired) electrons. The highest BCUT2D eigenvalue weighted by Crippen LogP contribution is 2.45. The van der Waals surface area contributed by atoms with Crippen LogP contribution in [0.1, 0.15) is 83.5 Å². The summed E-state index contributed by atoms with van der Waals surface area (Å²) in [6.45, 7) is 7.27. The van der Waals surface area contributed by atoms with Crippen LogP contribution in [0.3, 0.4) is 0 Å². The van der Waals surface area contributed by atoms with Crippen molar-refractivity contribution in [2.75, 3.05) is 6.54 Å². The van der Waals surface area contributed by atoms with Gasteiger partial charge in [-0.2, -0.15) is 0 Å². The minimum absolute atomic E-state index is 0.0847. The highest BCUT2D eigenvalue weighted by Gasteiger charge is 2.47. The molecule has 2 aliphatic heterocycles. The number of halogens is 2. The Kier molecular flexibility index (Phi) is 9.25. The van der Waals surface area contributed by atoms with Crippen LogP contribution < -0.4 is 21.4 Å². The molecule has 0 unspecified atom stereocenters. The number of alkyl halides is 2. The van der Waals surface area contributed by atoms with E-state index < -0.39 is 66.1 Å². The predicted octanol–water partition coefficient (Wildman–Crippen LogP) is 3.78. The summed E-state index contributed by atoms with van der Waals surface area (Å²) < 4.78 is 28.6. The molecule has 1 aromatic carbocycles. The maximum atomic E-state index is 14.3. The zero-order valence-electron chi connectivity index (χ0n) is 26.2. The summed E-state index contributed by atoms with van der Waals surface area (Å²) in [7, 11) is 0. The second kappa shape index (κ2) is 12.8. The quantitative estimate of drug-likeness (QED) is 0.382. The average molecular weight is 625 g/mol. The monoisotopic (exact) mass is 624 g/mol. The Morgan fingerprint density at radius 3 is 2.31 bits per heavy atom. The van der Waals surface area contributed by atoms with Crippen molar-refractivity contribution in [1.29, 1.82) is 0 Å². The lowest BCUT2D eigenvalue weighted by molar-refractivity contribution is -0.143. The van der Waals surface area contributed by atoms with Crippen molar-refractivity contribution in [3.05, 3.63) is 47.7 Å². The first-order valence-electron chi connectivity index (χ1n) is 15.7. The number of rotatable bonds is 1. The molecule has 4 amide bonds. The van der Waals surface area contributed by atoms with Gasteiger partial charge >= 0.3 is 0 Å². The number of hydrazine groups is 1. The SMILES string of the molecule is CC(C)[C@@H]1NC(=O)C2(/C=C/c3ccc4ccc(nc4c3)[C@@H](C)NC(=O)[C@@H]3CCCN(N3)C(=O)[C@H](C)NC1=O)CCC(F)(F)CC2. The van der Waals surface area contributed by atoms with Gasteiger partial charge in [0.15, 0.2) is 0 Å². The number of fused-ring (bicyclic) bond motifs is 4. The lowest BCUT2D eigenvalue weighted by Crippen LogP contribution is -2.62. The third kappa shape index (κ3) is 7.16. The molecule has 2 fully saturated rings. The second-order valence-electron chi connectivity index (χ2n) is 13.0. The standard InChI is InChI=1S/C33H42F2N6O4/c1-19(2)27-29(43)37-21(4)30(44)41-17-5-6-25(40-41)28(42)36-20(3)24-10-9-23-8-7-22(18-26(23)38-24)11-12-32(31(45)39-27)13-15-33(34,35)16-14-32/h7-12,18-21,25,27,40H,5-6,13-17H2,1-4H3,(H,36,42)(H,37,43)(H,39,45)/b12-11+/t20-,21+,25+,27+/m1/s1. The van der Waals surface area contributed by atoms with Crippen LogP contribution in [-0.4, -0.2) is 64.2 Å². The topological polar surface area (TPSA) is 133 Å². The Balaban J connectivity index is 1.54. The molecule has 4 atom stereocenters. The highest BCUT2D eigenvalue weighted by atomic mass is 19.3. The van der Waals surface area contributed by atoms with E-state index in [2.05, 4.69) is 21.4 Å². The number of hydrogen-bond acceptors (Lipinski definition) is 6. The van der Waals surface area contributed by atoms with Crippen LogP contribution in [0, 0.1) is 11.3 Å². The summed E-state index contributed by atoms with van der Waals surface area (Å²) in [6, 6.07) is 6.34. The van der Waals surface area contributed by atoms with Gasteiger partial charge in [-0.05, 0) is 63.1 Å². The molecule has 242 valence electrons. The molecule has 5 rings (SSSR count). The number of carbonyl (C=O) groups is 4. The summed E-state index contributed by atoms with van der Waals surface area (Å²) in [6.07, 6.45) is 3.46. The smallest absolute Gasteiger partial charge is 0.258 e. The van der Waals surface area contributed by atoms with Crippen molar-refractivity contribution in [2.45, 2.75) is 96.3 Å². The zero-order valence-corrected chi connectivity index (χ0v) is 26.2. The van der Waals surface area contributed by atoms with E-state index in [0.29, 0.717) is 30.6 Å². The van der Waals surface area contributed by atoms with Gasteiger partial charge in [-0.1, -0.05) is 44.2 Å². The Hall–Kier alpha value is -3.93. The normalized spacial score (nSPS) is 28.5. The number of nitrogens with zero attached hydrogens (tertiary/aromatic N) is 2. The zero-order chi connectivity index (χ0) is 32.5. The highest BCUT2D eigenvalue weighted by molar-refractivity contribution is 5.94. The Morgan fingerprint density at radius 1 is 0.911 bits per heavy atom. The molecule has 12 heteroatoms. The first kappa shape index (κ1) is 32.5. The summed E-state index contributed by atoms with van der Waals surface area (Å²) in [5.41, 5.74) is 3.80. The van der Waals surface area contributed by atoms with Crippen molar-refractivity contribution >= 4 is 40.6 Å². The third-order valence-corrected chi connectivity index (χ3v) is 9.19. The van der Waals surface area contributed by atoms with Gasteiger partial charge in [0.1, 0.15) is 18.1 Å². The van der Waals surface area contributed by atoms with E-state index in [1.165, 1.54) is 5.01 Å². The van der Waals surface area contributed by atoms with Crippen molar-refractivity contribution in [1.82, 2.24) is 31.4 Å². The van der Waals surface area contributed by atoms with E-state index in [0.717, 1.165) is 10.9 Å². The van der Waals surface area contributed by atoms with Gasteiger partial charge in [0.2, 0.25) is 23.6 Å². The molecule has 5 bridgehead atoms. The van der Waals surface area contributed by atoms with E-state index in [1.54, 1.807) is 32.9 Å². The summed E-state index contributed by atoms with van der Waals surface area (Å²) in [5.74, 6) is -4.98. The van der Waals surface area contributed by atoms with Crippen LogP contribution in [0.5, 0.6) is 0 Å². The summed E-state index contributed by atoms with van der Waals surface area (Å²) in [5, 5.41) is 10.8. The number of nitrogens with one attached hydrogen (secondary N) is 4. The molecule has 1 saturated heterocycles. The molecule has 1 spiro atoms. The van der Waals surface area contributed by atoms with Crippen LogP contribution in [0.2, 0.25) is 0 Å². The van der Waals surface area contributed by atoms with Gasteiger partial charge in [0, 0.05) is 24.8 Å². The Labute approximate surface area is 261 Å². The molecule has 3 aliphatic rings. The molecule has 45 heavy (non-hydrogen) atoms. The molecular weight excluding hydrogens is 582 g/mol. The number of hydrogen-bond donors (Lipinski definition) is 4. The minimum atomic E-state index is -2.87. The van der Waals surface area contributed by atoms with Gasteiger partial charge in [-0.15, -0.1) is 0 Å². The fraction of sp³-hybridized carbons (Fsp3) is 0.545. The fourth-order valence-corrected chi connectivity index (χ4v) is 6.22. The fourth-order valence-electron chi connectivity index (χ4n) is 6.22. The lowest BCUT2D eigenvalue weighted by Gasteiger charge is -2.38. The third-order valence-electron chi connectivity index (χ3n) is 9.19. The van der Waals surface area contributed by atoms with Gasteiger partial charge in [0.05, 0.1) is 22.7 Å². The molecule has 10 nitrogen and oxygen atoms in total. The van der Waals surface area contributed by atoms with Crippen LogP contribution in [0.4, 0.5) is 8.78 Å². The number of amides is 4. The summed E-state index contributed by atoms with van der Waals surface area (Å²) >= 11 is 0. The van der Waals surface area contributed by atoms with Crippen molar-refractivity contribution < 1.29 is 28.0 Å². The average Bonchev–Trinajstić information content (AvgIpc) is 3.01. The second-order valence-corrected chi connectivity index (χ2v) is 13.0. The largest absolute Gasteiger partial charge is 0.347 e. The first-order valence-corrected chi connectivity index (χ1v) is 15.7. The number of benzene rings is 1. The van der Waals surface area contributed by atoms with Gasteiger partial charge in [-0.3, -0.25) is 29.2 Å². The molecule has 4 N–H and O–H groups in total. The van der Waals surface area contributed by atoms with E-state index >= 15 is 0 Å². The van der Waals surface area contributed by atoms with E-state index in [-0.39, 0.29) is 24.7 Å².